The first-order valence-electron chi connectivity index (χ1n) is 7.96. The third-order valence-corrected chi connectivity index (χ3v) is 3.98. The van der Waals surface area contributed by atoms with E-state index in [1.54, 1.807) is 0 Å². The van der Waals surface area contributed by atoms with Crippen LogP contribution in [0.25, 0.3) is 0 Å². The van der Waals surface area contributed by atoms with Crippen molar-refractivity contribution in [2.75, 3.05) is 18.0 Å². The van der Waals surface area contributed by atoms with E-state index in [9.17, 15) is 4.79 Å². The van der Waals surface area contributed by atoms with Gasteiger partial charge < -0.3 is 9.80 Å². The molecule has 0 aliphatic carbocycles. The van der Waals surface area contributed by atoms with Gasteiger partial charge in [-0.05, 0) is 59.6 Å². The SMILES string of the molecule is Cc1cc(N2CCCC2)cc(C(=O)N(C(C)C)C(C)C)n1. The van der Waals surface area contributed by atoms with E-state index in [0.717, 1.165) is 24.5 Å². The van der Waals surface area contributed by atoms with Gasteiger partial charge in [0.1, 0.15) is 5.69 Å². The molecule has 4 nitrogen and oxygen atoms in total. The number of aromatic nitrogens is 1. The van der Waals surface area contributed by atoms with E-state index in [0.29, 0.717) is 5.69 Å². The van der Waals surface area contributed by atoms with E-state index in [1.165, 1.54) is 12.8 Å². The van der Waals surface area contributed by atoms with Crippen molar-refractivity contribution < 1.29 is 4.79 Å². The number of hydrogen-bond acceptors (Lipinski definition) is 3. The molecule has 0 aromatic carbocycles. The number of rotatable bonds is 4. The number of hydrogen-bond donors (Lipinski definition) is 0. The minimum Gasteiger partial charge on any atom is -0.371 e. The lowest BCUT2D eigenvalue weighted by Gasteiger charge is -2.31. The molecule has 0 spiro atoms. The van der Waals surface area contributed by atoms with Crippen molar-refractivity contribution in [3.05, 3.63) is 23.5 Å². The average molecular weight is 289 g/mol. The normalized spacial score (nSPS) is 15.1. The second-order valence-electron chi connectivity index (χ2n) is 6.45. The van der Waals surface area contributed by atoms with Gasteiger partial charge in [-0.25, -0.2) is 4.98 Å². The van der Waals surface area contributed by atoms with Gasteiger partial charge in [0, 0.05) is 36.6 Å². The second-order valence-corrected chi connectivity index (χ2v) is 6.45. The van der Waals surface area contributed by atoms with Crippen molar-refractivity contribution >= 4 is 11.6 Å². The molecule has 1 aromatic heterocycles. The molecule has 0 bridgehead atoms. The van der Waals surface area contributed by atoms with E-state index in [2.05, 4.69) is 43.6 Å². The number of aryl methyl sites for hydroxylation is 1. The minimum atomic E-state index is 0.0316. The van der Waals surface area contributed by atoms with E-state index >= 15 is 0 Å². The number of pyridine rings is 1. The first-order valence-corrected chi connectivity index (χ1v) is 7.96. The highest BCUT2D eigenvalue weighted by Crippen LogP contribution is 2.23. The van der Waals surface area contributed by atoms with Crippen LogP contribution < -0.4 is 4.90 Å². The van der Waals surface area contributed by atoms with Gasteiger partial charge in [-0.2, -0.15) is 0 Å². The van der Waals surface area contributed by atoms with Crippen molar-refractivity contribution in [3.63, 3.8) is 0 Å². The van der Waals surface area contributed by atoms with E-state index in [-0.39, 0.29) is 18.0 Å². The van der Waals surface area contributed by atoms with Crippen molar-refractivity contribution in [2.24, 2.45) is 0 Å². The van der Waals surface area contributed by atoms with Crippen molar-refractivity contribution in [3.8, 4) is 0 Å². The fraction of sp³-hybridized carbons (Fsp3) is 0.647. The van der Waals surface area contributed by atoms with Gasteiger partial charge in [-0.15, -0.1) is 0 Å². The Bertz CT molecular complexity index is 497. The highest BCUT2D eigenvalue weighted by Gasteiger charge is 2.24. The molecule has 1 amide bonds. The summed E-state index contributed by atoms with van der Waals surface area (Å²) in [5, 5.41) is 0. The maximum Gasteiger partial charge on any atom is 0.272 e. The molecule has 1 fully saturated rings. The predicted octanol–water partition coefficient (Wildman–Crippen LogP) is 3.25. The molecule has 0 N–H and O–H groups in total. The van der Waals surface area contributed by atoms with Crippen LogP contribution in [0.15, 0.2) is 12.1 Å². The maximum absolute atomic E-state index is 12.8. The highest BCUT2D eigenvalue weighted by atomic mass is 16.2. The molecule has 1 aromatic rings. The molecule has 1 aliphatic rings. The quantitative estimate of drug-likeness (QED) is 0.853. The van der Waals surface area contributed by atoms with Gasteiger partial charge in [-0.3, -0.25) is 4.79 Å². The zero-order valence-corrected chi connectivity index (χ0v) is 13.9. The highest BCUT2D eigenvalue weighted by molar-refractivity contribution is 5.93. The molecule has 116 valence electrons. The Morgan fingerprint density at radius 2 is 1.71 bits per heavy atom. The lowest BCUT2D eigenvalue weighted by atomic mass is 10.1. The summed E-state index contributed by atoms with van der Waals surface area (Å²) in [6.45, 7) is 12.3. The Balaban J connectivity index is 2.32. The van der Waals surface area contributed by atoms with Gasteiger partial charge in [0.05, 0.1) is 0 Å². The van der Waals surface area contributed by atoms with Crippen LogP contribution in [-0.2, 0) is 0 Å². The number of carbonyl (C=O) groups is 1. The summed E-state index contributed by atoms with van der Waals surface area (Å²) in [5.41, 5.74) is 2.62. The second kappa shape index (κ2) is 6.46. The lowest BCUT2D eigenvalue weighted by Crippen LogP contribution is -2.42. The van der Waals surface area contributed by atoms with Crippen LogP contribution in [0.4, 0.5) is 5.69 Å². The average Bonchev–Trinajstić information content (AvgIpc) is 2.90. The van der Waals surface area contributed by atoms with Gasteiger partial charge in [0.25, 0.3) is 5.91 Å². The first kappa shape index (κ1) is 15.8. The summed E-state index contributed by atoms with van der Waals surface area (Å²) in [4.78, 5) is 21.5. The molecule has 4 heteroatoms. The largest absolute Gasteiger partial charge is 0.371 e. The standard InChI is InChI=1S/C17H27N3O/c1-12(2)20(13(3)4)17(21)16-11-15(10-14(5)18-16)19-8-6-7-9-19/h10-13H,6-9H2,1-5H3. The zero-order valence-electron chi connectivity index (χ0n) is 13.9. The van der Waals surface area contributed by atoms with E-state index in [4.69, 9.17) is 0 Å². The van der Waals surface area contributed by atoms with Crippen molar-refractivity contribution in [1.82, 2.24) is 9.88 Å². The first-order chi connectivity index (χ1) is 9.90. The summed E-state index contributed by atoms with van der Waals surface area (Å²) < 4.78 is 0. The molecule has 2 heterocycles. The third kappa shape index (κ3) is 3.55. The number of carbonyl (C=O) groups excluding carboxylic acids is 1. The molecular formula is C17H27N3O. The fourth-order valence-electron chi connectivity index (χ4n) is 3.12. The van der Waals surface area contributed by atoms with Crippen LogP contribution in [0.3, 0.4) is 0 Å². The molecule has 0 unspecified atom stereocenters. The van der Waals surface area contributed by atoms with Gasteiger partial charge in [-0.1, -0.05) is 0 Å². The third-order valence-electron chi connectivity index (χ3n) is 3.98. The van der Waals surface area contributed by atoms with Gasteiger partial charge in [0.2, 0.25) is 0 Å². The van der Waals surface area contributed by atoms with Crippen LogP contribution in [0, 0.1) is 6.92 Å². The van der Waals surface area contributed by atoms with E-state index in [1.807, 2.05) is 17.9 Å². The Kier molecular flexibility index (Phi) is 4.86. The Morgan fingerprint density at radius 1 is 1.14 bits per heavy atom. The van der Waals surface area contributed by atoms with Crippen molar-refractivity contribution in [2.45, 2.75) is 59.5 Å². The van der Waals surface area contributed by atoms with Crippen LogP contribution in [0.2, 0.25) is 0 Å². The minimum absolute atomic E-state index is 0.0316. The smallest absolute Gasteiger partial charge is 0.272 e. The number of anilines is 1. The number of nitrogens with zero attached hydrogens (tertiary/aromatic N) is 3. The molecule has 1 saturated heterocycles. The summed E-state index contributed by atoms with van der Waals surface area (Å²) >= 11 is 0. The van der Waals surface area contributed by atoms with Crippen LogP contribution in [0.1, 0.15) is 56.7 Å². The van der Waals surface area contributed by atoms with Gasteiger partial charge >= 0.3 is 0 Å². The molecule has 0 atom stereocenters. The predicted molar refractivity (Wildman–Crippen MR) is 86.9 cm³/mol. The summed E-state index contributed by atoms with van der Waals surface area (Å²) in [7, 11) is 0. The Labute approximate surface area is 128 Å². The summed E-state index contributed by atoms with van der Waals surface area (Å²) in [6.07, 6.45) is 2.46. The molecule has 0 radical (unpaired) electrons. The maximum atomic E-state index is 12.8. The van der Waals surface area contributed by atoms with Gasteiger partial charge in [0.15, 0.2) is 0 Å². The topological polar surface area (TPSA) is 36.4 Å². The number of amides is 1. The van der Waals surface area contributed by atoms with Crippen LogP contribution in [-0.4, -0.2) is 41.0 Å². The van der Waals surface area contributed by atoms with E-state index < -0.39 is 0 Å². The Morgan fingerprint density at radius 3 is 2.24 bits per heavy atom. The molecule has 1 aliphatic heterocycles. The summed E-state index contributed by atoms with van der Waals surface area (Å²) in [6, 6.07) is 4.39. The molecule has 2 rings (SSSR count). The summed E-state index contributed by atoms with van der Waals surface area (Å²) in [5.74, 6) is 0.0316. The van der Waals surface area contributed by atoms with Crippen LogP contribution in [0.5, 0.6) is 0 Å². The van der Waals surface area contributed by atoms with Crippen molar-refractivity contribution in [1.29, 1.82) is 0 Å². The lowest BCUT2D eigenvalue weighted by molar-refractivity contribution is 0.0637. The zero-order chi connectivity index (χ0) is 15.6. The monoisotopic (exact) mass is 289 g/mol. The fourth-order valence-corrected chi connectivity index (χ4v) is 3.12. The molecular weight excluding hydrogens is 262 g/mol. The Hall–Kier alpha value is -1.58. The molecule has 21 heavy (non-hydrogen) atoms. The van der Waals surface area contributed by atoms with Crippen LogP contribution >= 0.6 is 0 Å². The molecule has 0 saturated carbocycles.